The second-order valence-electron chi connectivity index (χ2n) is 4.44. The predicted molar refractivity (Wildman–Crippen MR) is 55.8 cm³/mol. The van der Waals surface area contributed by atoms with Crippen LogP contribution in [0.4, 0.5) is 0 Å². The van der Waals surface area contributed by atoms with E-state index >= 15 is 0 Å². The third-order valence-corrected chi connectivity index (χ3v) is 1.75. The molecule has 0 aliphatic heterocycles. The number of carbonyl (C=O) groups excluding carboxylic acids is 2. The second kappa shape index (κ2) is 5.10. The van der Waals surface area contributed by atoms with Gasteiger partial charge in [0, 0.05) is 18.4 Å². The molecule has 4 heteroatoms. The van der Waals surface area contributed by atoms with Gasteiger partial charge in [0.2, 0.25) is 5.91 Å². The van der Waals surface area contributed by atoms with Crippen molar-refractivity contribution in [3.63, 3.8) is 0 Å². The predicted octanol–water partition coefficient (Wildman–Crippen LogP) is 0.598. The molecule has 4 nitrogen and oxygen atoms in total. The molecular weight excluding hydrogens is 180 g/mol. The van der Waals surface area contributed by atoms with Gasteiger partial charge in [-0.3, -0.25) is 9.59 Å². The highest BCUT2D eigenvalue weighted by Gasteiger charge is 2.23. The minimum Gasteiger partial charge on any atom is -0.370 e. The lowest BCUT2D eigenvalue weighted by Crippen LogP contribution is -2.49. The van der Waals surface area contributed by atoms with E-state index in [2.05, 4.69) is 5.32 Å². The zero-order chi connectivity index (χ0) is 11.4. The smallest absolute Gasteiger partial charge is 0.219 e. The fraction of sp³-hybridized carbons (Fsp3) is 0.800. The maximum Gasteiger partial charge on any atom is 0.219 e. The Morgan fingerprint density at radius 2 is 1.86 bits per heavy atom. The van der Waals surface area contributed by atoms with Crippen molar-refractivity contribution in [1.82, 2.24) is 5.32 Å². The SMILES string of the molecule is CCC(=O)C(CC(N)=O)NC(C)(C)C. The van der Waals surface area contributed by atoms with Gasteiger partial charge in [0.25, 0.3) is 0 Å². The number of Topliss-reactive ketones (excluding diaryl/α,β-unsaturated/α-hetero) is 1. The van der Waals surface area contributed by atoms with Crippen molar-refractivity contribution in [3.8, 4) is 0 Å². The molecule has 14 heavy (non-hydrogen) atoms. The average molecular weight is 200 g/mol. The fourth-order valence-corrected chi connectivity index (χ4v) is 1.22. The molecule has 0 aliphatic carbocycles. The Balaban J connectivity index is 4.40. The number of nitrogens with one attached hydrogen (secondary N) is 1. The van der Waals surface area contributed by atoms with Crippen LogP contribution >= 0.6 is 0 Å². The van der Waals surface area contributed by atoms with E-state index in [1.165, 1.54) is 0 Å². The number of rotatable bonds is 5. The van der Waals surface area contributed by atoms with E-state index in [0.717, 1.165) is 0 Å². The van der Waals surface area contributed by atoms with Gasteiger partial charge in [-0.05, 0) is 20.8 Å². The van der Waals surface area contributed by atoms with Crippen molar-refractivity contribution in [1.29, 1.82) is 0 Å². The summed E-state index contributed by atoms with van der Waals surface area (Å²) in [6.45, 7) is 7.62. The first-order chi connectivity index (χ1) is 6.26. The molecule has 0 saturated heterocycles. The van der Waals surface area contributed by atoms with Gasteiger partial charge in [-0.2, -0.15) is 0 Å². The van der Waals surface area contributed by atoms with Gasteiger partial charge in [0.15, 0.2) is 0 Å². The molecule has 0 spiro atoms. The van der Waals surface area contributed by atoms with E-state index in [1.807, 2.05) is 20.8 Å². The molecule has 3 N–H and O–H groups in total. The van der Waals surface area contributed by atoms with Gasteiger partial charge >= 0.3 is 0 Å². The number of hydrogen-bond donors (Lipinski definition) is 2. The Labute approximate surface area is 85.2 Å². The number of ketones is 1. The third kappa shape index (κ3) is 5.70. The van der Waals surface area contributed by atoms with Gasteiger partial charge in [0.1, 0.15) is 5.78 Å². The highest BCUT2D eigenvalue weighted by atomic mass is 16.1. The van der Waals surface area contributed by atoms with Crippen molar-refractivity contribution in [3.05, 3.63) is 0 Å². The Morgan fingerprint density at radius 1 is 1.36 bits per heavy atom. The summed E-state index contributed by atoms with van der Waals surface area (Å²) in [6, 6.07) is -0.447. The normalized spacial score (nSPS) is 13.7. The van der Waals surface area contributed by atoms with Gasteiger partial charge in [-0.15, -0.1) is 0 Å². The highest BCUT2D eigenvalue weighted by Crippen LogP contribution is 2.06. The Kier molecular flexibility index (Phi) is 4.77. The topological polar surface area (TPSA) is 72.2 Å². The van der Waals surface area contributed by atoms with Gasteiger partial charge in [-0.25, -0.2) is 0 Å². The highest BCUT2D eigenvalue weighted by molar-refractivity contribution is 5.89. The molecule has 0 bridgehead atoms. The van der Waals surface area contributed by atoms with E-state index < -0.39 is 11.9 Å². The fourth-order valence-electron chi connectivity index (χ4n) is 1.22. The van der Waals surface area contributed by atoms with Crippen molar-refractivity contribution in [2.24, 2.45) is 5.73 Å². The van der Waals surface area contributed by atoms with Crippen molar-refractivity contribution in [2.75, 3.05) is 0 Å². The maximum atomic E-state index is 11.5. The molecule has 1 amide bonds. The third-order valence-electron chi connectivity index (χ3n) is 1.75. The van der Waals surface area contributed by atoms with E-state index in [0.29, 0.717) is 6.42 Å². The van der Waals surface area contributed by atoms with Gasteiger partial charge in [-0.1, -0.05) is 6.92 Å². The maximum absolute atomic E-state index is 11.5. The molecule has 0 aromatic rings. The van der Waals surface area contributed by atoms with Crippen LogP contribution in [0.1, 0.15) is 40.5 Å². The first-order valence-corrected chi connectivity index (χ1v) is 4.85. The molecule has 0 aliphatic rings. The molecule has 0 heterocycles. The van der Waals surface area contributed by atoms with Crippen LogP contribution in [0.15, 0.2) is 0 Å². The van der Waals surface area contributed by atoms with E-state index in [1.54, 1.807) is 6.92 Å². The molecule has 0 aromatic heterocycles. The molecule has 82 valence electrons. The summed E-state index contributed by atoms with van der Waals surface area (Å²) in [4.78, 5) is 22.2. The van der Waals surface area contributed by atoms with Crippen LogP contribution in [0.5, 0.6) is 0 Å². The van der Waals surface area contributed by atoms with E-state index in [9.17, 15) is 9.59 Å². The lowest BCUT2D eigenvalue weighted by atomic mass is 10.0. The number of primary amides is 1. The molecule has 0 aromatic carbocycles. The van der Waals surface area contributed by atoms with Crippen molar-refractivity contribution >= 4 is 11.7 Å². The summed E-state index contributed by atoms with van der Waals surface area (Å²) >= 11 is 0. The van der Waals surface area contributed by atoms with Crippen LogP contribution in [-0.2, 0) is 9.59 Å². The van der Waals surface area contributed by atoms with E-state index in [-0.39, 0.29) is 17.7 Å². The molecule has 1 unspecified atom stereocenters. The number of amides is 1. The lowest BCUT2D eigenvalue weighted by Gasteiger charge is -2.26. The molecule has 0 rings (SSSR count). The van der Waals surface area contributed by atoms with Gasteiger partial charge < -0.3 is 11.1 Å². The van der Waals surface area contributed by atoms with Crippen LogP contribution in [0.25, 0.3) is 0 Å². The second-order valence-corrected chi connectivity index (χ2v) is 4.44. The van der Waals surface area contributed by atoms with Crippen LogP contribution in [0, 0.1) is 0 Å². The summed E-state index contributed by atoms with van der Waals surface area (Å²) in [5.41, 5.74) is 4.88. The van der Waals surface area contributed by atoms with Crippen LogP contribution in [0.2, 0.25) is 0 Å². The Morgan fingerprint density at radius 3 is 2.14 bits per heavy atom. The zero-order valence-electron chi connectivity index (χ0n) is 9.39. The Bertz CT molecular complexity index is 219. The van der Waals surface area contributed by atoms with Crippen LogP contribution in [0.3, 0.4) is 0 Å². The summed E-state index contributed by atoms with van der Waals surface area (Å²) in [5.74, 6) is -0.424. The lowest BCUT2D eigenvalue weighted by molar-refractivity contribution is -0.126. The molecule has 0 radical (unpaired) electrons. The Hall–Kier alpha value is -0.900. The van der Waals surface area contributed by atoms with E-state index in [4.69, 9.17) is 5.73 Å². The standard InChI is InChI=1S/C10H20N2O2/c1-5-8(13)7(6-9(11)14)12-10(2,3)4/h7,12H,5-6H2,1-4H3,(H2,11,14). The van der Waals surface area contributed by atoms with Crippen molar-refractivity contribution < 1.29 is 9.59 Å². The molecule has 0 saturated carbocycles. The summed E-state index contributed by atoms with van der Waals surface area (Å²) in [5, 5.41) is 3.09. The van der Waals surface area contributed by atoms with Crippen LogP contribution in [-0.4, -0.2) is 23.3 Å². The monoisotopic (exact) mass is 200 g/mol. The zero-order valence-corrected chi connectivity index (χ0v) is 9.39. The quantitative estimate of drug-likeness (QED) is 0.682. The minimum atomic E-state index is -0.450. The van der Waals surface area contributed by atoms with Crippen molar-refractivity contribution in [2.45, 2.75) is 52.1 Å². The average Bonchev–Trinajstić information content (AvgIpc) is 1.98. The largest absolute Gasteiger partial charge is 0.370 e. The first-order valence-electron chi connectivity index (χ1n) is 4.85. The number of carbonyl (C=O) groups is 2. The van der Waals surface area contributed by atoms with Gasteiger partial charge in [0.05, 0.1) is 6.04 Å². The number of nitrogens with two attached hydrogens (primary N) is 1. The summed E-state index contributed by atoms with van der Waals surface area (Å²) in [6.07, 6.45) is 0.491. The summed E-state index contributed by atoms with van der Waals surface area (Å²) < 4.78 is 0. The minimum absolute atomic E-state index is 0.0266. The molecular formula is C10H20N2O2. The van der Waals surface area contributed by atoms with Crippen LogP contribution < -0.4 is 11.1 Å². The first kappa shape index (κ1) is 13.1. The molecule has 1 atom stereocenters. The summed E-state index contributed by atoms with van der Waals surface area (Å²) in [7, 11) is 0. The number of hydrogen-bond acceptors (Lipinski definition) is 3. The molecule has 0 fully saturated rings.